The van der Waals surface area contributed by atoms with E-state index in [4.69, 9.17) is 0 Å². The zero-order valence-electron chi connectivity index (χ0n) is 5.02. The van der Waals surface area contributed by atoms with Crippen molar-refractivity contribution < 1.29 is 9.59 Å². The zero-order chi connectivity index (χ0) is 5.86. The summed E-state index contributed by atoms with van der Waals surface area (Å²) in [6.45, 7) is 2.81. The molecular formula is C5H10O2Te. The summed E-state index contributed by atoms with van der Waals surface area (Å²) in [4.78, 5) is 20.1. The van der Waals surface area contributed by atoms with Gasteiger partial charge in [0.25, 0.3) is 0 Å². The van der Waals surface area contributed by atoms with E-state index >= 15 is 0 Å². The first-order valence-electron chi connectivity index (χ1n) is 2.12. The van der Waals surface area contributed by atoms with Crippen LogP contribution in [0.15, 0.2) is 0 Å². The third-order valence-electron chi connectivity index (χ3n) is 0.498. The minimum absolute atomic E-state index is 0. The Morgan fingerprint density at radius 1 is 1.12 bits per heavy atom. The Morgan fingerprint density at radius 2 is 1.38 bits per heavy atom. The number of hydrogen-bond donors (Lipinski definition) is 0. The summed E-state index contributed by atoms with van der Waals surface area (Å²) in [7, 11) is 0. The second kappa shape index (κ2) is 5.27. The molecule has 2 nitrogen and oxygen atoms in total. The summed E-state index contributed by atoms with van der Waals surface area (Å²) >= 11 is 0. The minimum atomic E-state index is -0.0625. The Hall–Kier alpha value is 0.130. The summed E-state index contributed by atoms with van der Waals surface area (Å²) in [6, 6.07) is 0. The van der Waals surface area contributed by atoms with Crippen molar-refractivity contribution in [2.24, 2.45) is 0 Å². The number of Topliss-reactive ketones (excluding diaryl/α,β-unsaturated/α-hetero) is 2. The van der Waals surface area contributed by atoms with Crippen LogP contribution in [0.5, 0.6) is 0 Å². The van der Waals surface area contributed by atoms with E-state index in [0.717, 1.165) is 0 Å². The van der Waals surface area contributed by atoms with Gasteiger partial charge in [-0.05, 0) is 13.8 Å². The quantitative estimate of drug-likeness (QED) is 0.479. The average molecular weight is 230 g/mol. The number of rotatable bonds is 2. The van der Waals surface area contributed by atoms with Gasteiger partial charge in [0.15, 0.2) is 0 Å². The molecule has 8 heavy (non-hydrogen) atoms. The van der Waals surface area contributed by atoms with Gasteiger partial charge in [-0.3, -0.25) is 9.59 Å². The van der Waals surface area contributed by atoms with E-state index in [1.165, 1.54) is 13.8 Å². The molecule has 0 fully saturated rings. The summed E-state index contributed by atoms with van der Waals surface area (Å²) in [5, 5.41) is 0. The summed E-state index contributed by atoms with van der Waals surface area (Å²) < 4.78 is 0. The van der Waals surface area contributed by atoms with Gasteiger partial charge in [0, 0.05) is 0 Å². The molecule has 0 aromatic carbocycles. The first kappa shape index (κ1) is 11.0. The molecular weight excluding hydrogens is 220 g/mol. The Morgan fingerprint density at radius 3 is 1.38 bits per heavy atom. The predicted octanol–water partition coefficient (Wildman–Crippen LogP) is -0.362. The van der Waals surface area contributed by atoms with E-state index in [2.05, 4.69) is 0 Å². The molecule has 48 valence electrons. The molecule has 0 aliphatic rings. The van der Waals surface area contributed by atoms with Crippen molar-refractivity contribution in [3.8, 4) is 0 Å². The number of carbonyl (C=O) groups is 2. The molecule has 3 heteroatoms. The third kappa shape index (κ3) is 9.46. The second-order valence-corrected chi connectivity index (χ2v) is 1.58. The van der Waals surface area contributed by atoms with Gasteiger partial charge >= 0.3 is 23.7 Å². The second-order valence-electron chi connectivity index (χ2n) is 1.58. The van der Waals surface area contributed by atoms with Gasteiger partial charge in [-0.1, -0.05) is 0 Å². The SMILES string of the molecule is CC(=O)CC(C)=O.[TeH2]. The van der Waals surface area contributed by atoms with Crippen molar-refractivity contribution in [1.29, 1.82) is 0 Å². The van der Waals surface area contributed by atoms with E-state index in [1.54, 1.807) is 0 Å². The monoisotopic (exact) mass is 232 g/mol. The molecule has 0 aliphatic carbocycles. The fourth-order valence-electron chi connectivity index (χ4n) is 0.351. The molecule has 0 aromatic rings. The van der Waals surface area contributed by atoms with Crippen molar-refractivity contribution in [2.45, 2.75) is 20.3 Å². The van der Waals surface area contributed by atoms with Crippen LogP contribution in [0, 0.1) is 0 Å². The van der Waals surface area contributed by atoms with Gasteiger partial charge in [0.2, 0.25) is 0 Å². The van der Waals surface area contributed by atoms with Gasteiger partial charge in [0.1, 0.15) is 11.6 Å². The van der Waals surface area contributed by atoms with Gasteiger partial charge in [-0.25, -0.2) is 0 Å². The van der Waals surface area contributed by atoms with E-state index in [1.807, 2.05) is 0 Å². The maximum atomic E-state index is 10.0. The molecule has 0 aromatic heterocycles. The van der Waals surface area contributed by atoms with Gasteiger partial charge in [-0.2, -0.15) is 0 Å². The molecule has 0 amide bonds. The third-order valence-corrected chi connectivity index (χ3v) is 0.498. The van der Waals surface area contributed by atoms with Crippen LogP contribution in [0.1, 0.15) is 20.3 Å². The number of hydrogen-bond acceptors (Lipinski definition) is 2. The molecule has 0 saturated carbocycles. The van der Waals surface area contributed by atoms with Crippen LogP contribution in [0.3, 0.4) is 0 Å². The summed E-state index contributed by atoms with van der Waals surface area (Å²) in [5.41, 5.74) is 0. The molecule has 0 radical (unpaired) electrons. The molecule has 0 atom stereocenters. The zero-order valence-corrected chi connectivity index (χ0v) is 7.88. The van der Waals surface area contributed by atoms with Gasteiger partial charge in [-0.15, -0.1) is 0 Å². The molecule has 0 unspecified atom stereocenters. The standard InChI is InChI=1S/C5H8O2.H2Te/c1-4(6)3-5(2)7;/h3H2,1-2H3;1H2. The van der Waals surface area contributed by atoms with Crippen molar-refractivity contribution >= 4 is 35.2 Å². The van der Waals surface area contributed by atoms with Crippen LogP contribution in [-0.2, 0) is 9.59 Å². The number of carbonyl (C=O) groups excluding carboxylic acids is 2. The van der Waals surface area contributed by atoms with E-state index < -0.39 is 0 Å². The summed E-state index contributed by atoms with van der Waals surface area (Å²) in [5.74, 6) is -0.125. The molecule has 0 heterocycles. The number of ketones is 2. The summed E-state index contributed by atoms with van der Waals surface area (Å²) in [6.07, 6.45) is 0.0833. The van der Waals surface area contributed by atoms with E-state index in [-0.39, 0.29) is 41.7 Å². The Labute approximate surface area is 65.4 Å². The van der Waals surface area contributed by atoms with Gasteiger partial charge in [0.05, 0.1) is 6.42 Å². The molecule has 0 bridgehead atoms. The van der Waals surface area contributed by atoms with Crippen LogP contribution >= 0.6 is 0 Å². The van der Waals surface area contributed by atoms with Crippen LogP contribution < -0.4 is 0 Å². The van der Waals surface area contributed by atoms with Crippen molar-refractivity contribution in [3.63, 3.8) is 0 Å². The average Bonchev–Trinajstić information content (AvgIpc) is 1.27. The van der Waals surface area contributed by atoms with Crippen molar-refractivity contribution in [2.75, 3.05) is 0 Å². The van der Waals surface area contributed by atoms with Crippen molar-refractivity contribution in [1.82, 2.24) is 0 Å². The molecule has 0 spiro atoms. The van der Waals surface area contributed by atoms with Crippen LogP contribution in [0.4, 0.5) is 0 Å². The molecule has 0 N–H and O–H groups in total. The van der Waals surface area contributed by atoms with Crippen LogP contribution in [-0.4, -0.2) is 35.2 Å². The molecule has 0 aliphatic heterocycles. The topological polar surface area (TPSA) is 34.1 Å². The predicted molar refractivity (Wildman–Crippen MR) is 34.5 cm³/mol. The first-order chi connectivity index (χ1) is 3.13. The first-order valence-corrected chi connectivity index (χ1v) is 2.12. The Bertz CT molecular complexity index is 86.6. The maximum absolute atomic E-state index is 10.0. The van der Waals surface area contributed by atoms with Crippen molar-refractivity contribution in [3.05, 3.63) is 0 Å². The van der Waals surface area contributed by atoms with Crippen LogP contribution in [0.2, 0.25) is 0 Å². The fourth-order valence-corrected chi connectivity index (χ4v) is 0.351. The van der Waals surface area contributed by atoms with E-state index in [9.17, 15) is 9.59 Å². The Balaban J connectivity index is 0. The van der Waals surface area contributed by atoms with Gasteiger partial charge < -0.3 is 0 Å². The Kier molecular flexibility index (Phi) is 7.25. The molecule has 0 rings (SSSR count). The van der Waals surface area contributed by atoms with Crippen LogP contribution in [0.25, 0.3) is 0 Å². The fraction of sp³-hybridized carbons (Fsp3) is 0.600. The normalized spacial score (nSPS) is 7.25. The van der Waals surface area contributed by atoms with E-state index in [0.29, 0.717) is 0 Å². The molecule has 0 saturated heterocycles.